The van der Waals surface area contributed by atoms with E-state index in [2.05, 4.69) is 19.2 Å². The first-order valence-electron chi connectivity index (χ1n) is 6.54. The number of rotatable bonds is 2. The molecule has 15 heavy (non-hydrogen) atoms. The lowest BCUT2D eigenvalue weighted by atomic mass is 9.52. The van der Waals surface area contributed by atoms with Gasteiger partial charge in [0.15, 0.2) is 0 Å². The zero-order valence-corrected chi connectivity index (χ0v) is 9.87. The van der Waals surface area contributed by atoms with Gasteiger partial charge in [-0.1, -0.05) is 13.8 Å². The number of aliphatic hydroxyl groups is 1. The van der Waals surface area contributed by atoms with Crippen LogP contribution in [0.2, 0.25) is 0 Å². The van der Waals surface area contributed by atoms with Crippen molar-refractivity contribution in [2.24, 2.45) is 17.8 Å². The molecule has 0 radical (unpaired) electrons. The van der Waals surface area contributed by atoms with E-state index in [1.807, 2.05) is 0 Å². The van der Waals surface area contributed by atoms with Gasteiger partial charge in [0.2, 0.25) is 0 Å². The van der Waals surface area contributed by atoms with Crippen molar-refractivity contribution >= 4 is 0 Å². The number of hydrogen-bond acceptors (Lipinski definition) is 2. The van der Waals surface area contributed by atoms with Crippen LogP contribution in [0.15, 0.2) is 0 Å². The van der Waals surface area contributed by atoms with Crippen molar-refractivity contribution in [3.05, 3.63) is 0 Å². The standard InChI is InChI=1S/C13H23NO/c1-8(2)14-12-10-3-9-4-11(12)7-13(15,5-9)6-10/h8-12,14-15H,3-7H2,1-2H3/t9?,10-,11+,12?,13?. The van der Waals surface area contributed by atoms with Gasteiger partial charge in [0, 0.05) is 12.1 Å². The second-order valence-corrected chi connectivity index (χ2v) is 6.54. The summed E-state index contributed by atoms with van der Waals surface area (Å²) in [5, 5.41) is 14.2. The second kappa shape index (κ2) is 3.21. The molecule has 0 spiro atoms. The van der Waals surface area contributed by atoms with E-state index in [9.17, 15) is 5.11 Å². The maximum atomic E-state index is 10.4. The first-order chi connectivity index (χ1) is 7.06. The molecule has 4 aliphatic carbocycles. The smallest absolute Gasteiger partial charge is 0.0657 e. The topological polar surface area (TPSA) is 32.3 Å². The van der Waals surface area contributed by atoms with Gasteiger partial charge in [-0.2, -0.15) is 0 Å². The van der Waals surface area contributed by atoms with Gasteiger partial charge in [-0.05, 0) is 49.9 Å². The summed E-state index contributed by atoms with van der Waals surface area (Å²) in [6.45, 7) is 4.47. The molecule has 0 heterocycles. The highest BCUT2D eigenvalue weighted by Crippen LogP contribution is 2.55. The normalized spacial score (nSPS) is 52.8. The van der Waals surface area contributed by atoms with Crippen LogP contribution in [0.5, 0.6) is 0 Å². The Kier molecular flexibility index (Phi) is 2.16. The molecule has 5 atom stereocenters. The van der Waals surface area contributed by atoms with Crippen LogP contribution in [0.1, 0.15) is 46.0 Å². The van der Waals surface area contributed by atoms with E-state index in [-0.39, 0.29) is 5.60 Å². The summed E-state index contributed by atoms with van der Waals surface area (Å²) in [6.07, 6.45) is 5.94. The Bertz CT molecular complexity index is 247. The van der Waals surface area contributed by atoms with Crippen molar-refractivity contribution in [1.82, 2.24) is 5.32 Å². The second-order valence-electron chi connectivity index (χ2n) is 6.54. The molecule has 4 fully saturated rings. The molecule has 4 bridgehead atoms. The van der Waals surface area contributed by atoms with E-state index < -0.39 is 0 Å². The van der Waals surface area contributed by atoms with E-state index in [0.717, 1.165) is 37.0 Å². The Hall–Kier alpha value is -0.0800. The molecule has 2 nitrogen and oxygen atoms in total. The third-order valence-electron chi connectivity index (χ3n) is 4.77. The van der Waals surface area contributed by atoms with E-state index in [1.54, 1.807) is 0 Å². The van der Waals surface area contributed by atoms with Gasteiger partial charge < -0.3 is 10.4 Å². The van der Waals surface area contributed by atoms with Crippen molar-refractivity contribution < 1.29 is 5.11 Å². The molecule has 4 rings (SSSR count). The summed E-state index contributed by atoms with van der Waals surface area (Å²) in [5.74, 6) is 2.34. The molecule has 4 aliphatic rings. The molecular weight excluding hydrogens is 186 g/mol. The minimum atomic E-state index is -0.272. The van der Waals surface area contributed by atoms with Gasteiger partial charge in [-0.25, -0.2) is 0 Å². The summed E-state index contributed by atoms with van der Waals surface area (Å²) in [4.78, 5) is 0. The van der Waals surface area contributed by atoms with Gasteiger partial charge >= 0.3 is 0 Å². The van der Waals surface area contributed by atoms with E-state index >= 15 is 0 Å². The Balaban J connectivity index is 1.79. The Labute approximate surface area is 92.4 Å². The van der Waals surface area contributed by atoms with Crippen LogP contribution in [0, 0.1) is 17.8 Å². The summed E-state index contributed by atoms with van der Waals surface area (Å²) < 4.78 is 0. The SMILES string of the molecule is CC(C)NC1[C@@H]2CC3C[C@H]1CC(O)(C3)C2. The van der Waals surface area contributed by atoms with Crippen LogP contribution in [-0.4, -0.2) is 22.8 Å². The highest BCUT2D eigenvalue weighted by molar-refractivity contribution is 5.08. The Morgan fingerprint density at radius 3 is 2.20 bits per heavy atom. The minimum Gasteiger partial charge on any atom is -0.390 e. The van der Waals surface area contributed by atoms with Crippen LogP contribution in [0.4, 0.5) is 0 Å². The Morgan fingerprint density at radius 1 is 1.13 bits per heavy atom. The fourth-order valence-corrected chi connectivity index (χ4v) is 4.64. The molecule has 0 aromatic heterocycles. The number of hydrogen-bond donors (Lipinski definition) is 2. The Morgan fingerprint density at radius 2 is 1.73 bits per heavy atom. The molecule has 3 unspecified atom stereocenters. The third kappa shape index (κ3) is 1.62. The quantitative estimate of drug-likeness (QED) is 0.728. The predicted octanol–water partition coefficient (Wildman–Crippen LogP) is 1.92. The van der Waals surface area contributed by atoms with Crippen molar-refractivity contribution in [3.63, 3.8) is 0 Å². The van der Waals surface area contributed by atoms with Gasteiger partial charge in [0.05, 0.1) is 5.60 Å². The third-order valence-corrected chi connectivity index (χ3v) is 4.77. The monoisotopic (exact) mass is 209 g/mol. The highest BCUT2D eigenvalue weighted by atomic mass is 16.3. The zero-order valence-electron chi connectivity index (χ0n) is 9.87. The first kappa shape index (κ1) is 10.1. The van der Waals surface area contributed by atoms with Crippen LogP contribution in [0.3, 0.4) is 0 Å². The summed E-state index contributed by atoms with van der Waals surface area (Å²) in [5.41, 5.74) is -0.272. The molecule has 4 saturated carbocycles. The lowest BCUT2D eigenvalue weighted by Crippen LogP contribution is -2.61. The summed E-state index contributed by atoms with van der Waals surface area (Å²) in [7, 11) is 0. The van der Waals surface area contributed by atoms with Crippen LogP contribution < -0.4 is 5.32 Å². The first-order valence-corrected chi connectivity index (χ1v) is 6.54. The fraction of sp³-hybridized carbons (Fsp3) is 1.00. The average Bonchev–Trinajstić information content (AvgIpc) is 2.08. The van der Waals surface area contributed by atoms with Crippen LogP contribution >= 0.6 is 0 Å². The van der Waals surface area contributed by atoms with Gasteiger partial charge in [0.25, 0.3) is 0 Å². The molecule has 2 N–H and O–H groups in total. The maximum absolute atomic E-state index is 10.4. The predicted molar refractivity (Wildman–Crippen MR) is 60.6 cm³/mol. The zero-order chi connectivity index (χ0) is 10.6. The lowest BCUT2D eigenvalue weighted by Gasteiger charge is -2.58. The average molecular weight is 209 g/mol. The molecule has 0 aromatic rings. The fourth-order valence-electron chi connectivity index (χ4n) is 4.64. The molecule has 0 aromatic carbocycles. The van der Waals surface area contributed by atoms with Crippen LogP contribution in [0.25, 0.3) is 0 Å². The minimum absolute atomic E-state index is 0.272. The van der Waals surface area contributed by atoms with E-state index in [1.165, 1.54) is 12.8 Å². The lowest BCUT2D eigenvalue weighted by molar-refractivity contribution is -0.139. The maximum Gasteiger partial charge on any atom is 0.0657 e. The number of nitrogens with one attached hydrogen (secondary N) is 1. The largest absolute Gasteiger partial charge is 0.390 e. The van der Waals surface area contributed by atoms with Crippen LogP contribution in [-0.2, 0) is 0 Å². The van der Waals surface area contributed by atoms with E-state index in [4.69, 9.17) is 0 Å². The van der Waals surface area contributed by atoms with Crippen molar-refractivity contribution in [2.45, 2.75) is 63.6 Å². The molecular formula is C13H23NO. The van der Waals surface area contributed by atoms with Gasteiger partial charge in [-0.3, -0.25) is 0 Å². The van der Waals surface area contributed by atoms with Crippen molar-refractivity contribution in [1.29, 1.82) is 0 Å². The molecule has 0 aliphatic heterocycles. The van der Waals surface area contributed by atoms with Gasteiger partial charge in [0.1, 0.15) is 0 Å². The molecule has 0 amide bonds. The summed E-state index contributed by atoms with van der Waals surface area (Å²) >= 11 is 0. The van der Waals surface area contributed by atoms with Crippen molar-refractivity contribution in [3.8, 4) is 0 Å². The summed E-state index contributed by atoms with van der Waals surface area (Å²) in [6, 6.07) is 1.28. The van der Waals surface area contributed by atoms with Gasteiger partial charge in [-0.15, -0.1) is 0 Å². The molecule has 2 heteroatoms. The molecule has 0 saturated heterocycles. The molecule has 86 valence electrons. The van der Waals surface area contributed by atoms with E-state index in [0.29, 0.717) is 12.1 Å². The highest BCUT2D eigenvalue weighted by Gasteiger charge is 2.54. The van der Waals surface area contributed by atoms with Crippen molar-refractivity contribution in [2.75, 3.05) is 0 Å².